The first-order valence-electron chi connectivity index (χ1n) is 7.10. The first-order chi connectivity index (χ1) is 11.0. The van der Waals surface area contributed by atoms with E-state index in [1.807, 2.05) is 59.5 Å². The van der Waals surface area contributed by atoms with Gasteiger partial charge in [-0.25, -0.2) is 0 Å². The van der Waals surface area contributed by atoms with Crippen LogP contribution in [0.5, 0.6) is 5.75 Å². The Morgan fingerprint density at radius 3 is 2.17 bits per heavy atom. The summed E-state index contributed by atoms with van der Waals surface area (Å²) in [5, 5.41) is 0. The second-order valence-electron chi connectivity index (χ2n) is 4.99. The van der Waals surface area contributed by atoms with E-state index in [9.17, 15) is 0 Å². The molecular formula is C18H18Cl3NO. The molecule has 0 radical (unpaired) electrons. The molecule has 0 bridgehead atoms. The maximum Gasteiger partial charge on any atom is 0.214 e. The van der Waals surface area contributed by atoms with Crippen molar-refractivity contribution in [1.29, 1.82) is 0 Å². The van der Waals surface area contributed by atoms with Gasteiger partial charge in [0.1, 0.15) is 11.8 Å². The average molecular weight is 371 g/mol. The van der Waals surface area contributed by atoms with Crippen molar-refractivity contribution >= 4 is 40.5 Å². The topological polar surface area (TPSA) is 12.5 Å². The van der Waals surface area contributed by atoms with Gasteiger partial charge in [0.25, 0.3) is 0 Å². The van der Waals surface area contributed by atoms with Crippen molar-refractivity contribution in [1.82, 2.24) is 0 Å². The predicted molar refractivity (Wildman–Crippen MR) is 100 cm³/mol. The lowest BCUT2D eigenvalue weighted by atomic mass is 10.0. The van der Waals surface area contributed by atoms with Crippen LogP contribution < -0.4 is 9.64 Å². The molecule has 23 heavy (non-hydrogen) atoms. The molecular weight excluding hydrogens is 353 g/mol. The molecule has 0 fully saturated rings. The van der Waals surface area contributed by atoms with Gasteiger partial charge in [-0.1, -0.05) is 71.2 Å². The minimum atomic E-state index is -1.51. The fraction of sp³-hybridized carbons (Fsp3) is 0.222. The zero-order valence-corrected chi connectivity index (χ0v) is 15.0. The molecule has 5 heteroatoms. The smallest absolute Gasteiger partial charge is 0.214 e. The number of halogens is 3. The summed E-state index contributed by atoms with van der Waals surface area (Å²) in [6.45, 7) is 4.37. The zero-order valence-electron chi connectivity index (χ0n) is 12.8. The minimum Gasteiger partial charge on any atom is -0.497 e. The normalized spacial score (nSPS) is 12.5. The number of methoxy groups -OCH3 is 1. The Hall–Kier alpha value is -1.35. The van der Waals surface area contributed by atoms with Gasteiger partial charge in [-0.05, 0) is 29.8 Å². The quantitative estimate of drug-likeness (QED) is 0.470. The third-order valence-electron chi connectivity index (χ3n) is 3.47. The number of anilines is 1. The van der Waals surface area contributed by atoms with Crippen LogP contribution in [0.25, 0.3) is 0 Å². The van der Waals surface area contributed by atoms with Crippen LogP contribution in [-0.4, -0.2) is 17.4 Å². The maximum absolute atomic E-state index is 6.31. The molecule has 0 saturated heterocycles. The van der Waals surface area contributed by atoms with Gasteiger partial charge in [-0.2, -0.15) is 0 Å². The van der Waals surface area contributed by atoms with Gasteiger partial charge in [0.05, 0.1) is 7.11 Å². The van der Waals surface area contributed by atoms with Gasteiger partial charge in [-0.15, -0.1) is 6.58 Å². The first kappa shape index (κ1) is 18.0. The van der Waals surface area contributed by atoms with E-state index >= 15 is 0 Å². The standard InChI is InChI=1S/C18H18Cl3NO/c1-3-13-22(15-7-5-4-6-8-15)17(18(19,20)21)14-9-11-16(23-2)12-10-14/h3-12,17H,1,13H2,2H3. The summed E-state index contributed by atoms with van der Waals surface area (Å²) in [5.41, 5.74) is 1.84. The second kappa shape index (κ2) is 7.96. The Morgan fingerprint density at radius 2 is 1.70 bits per heavy atom. The second-order valence-corrected chi connectivity index (χ2v) is 7.36. The largest absolute Gasteiger partial charge is 0.497 e. The SMILES string of the molecule is C=CCN(c1ccccc1)C(c1ccc(OC)cc1)C(Cl)(Cl)Cl. The maximum atomic E-state index is 6.31. The number of hydrogen-bond donors (Lipinski definition) is 0. The summed E-state index contributed by atoms with van der Waals surface area (Å²) in [4.78, 5) is 2.02. The van der Waals surface area contributed by atoms with Crippen molar-refractivity contribution < 1.29 is 4.74 Å². The van der Waals surface area contributed by atoms with Crippen molar-refractivity contribution in [2.75, 3.05) is 18.6 Å². The van der Waals surface area contributed by atoms with E-state index in [-0.39, 0.29) is 0 Å². The van der Waals surface area contributed by atoms with Crippen LogP contribution in [0.4, 0.5) is 5.69 Å². The molecule has 0 aliphatic carbocycles. The number of ether oxygens (including phenoxy) is 1. The van der Waals surface area contributed by atoms with Crippen molar-refractivity contribution in [3.05, 3.63) is 72.8 Å². The van der Waals surface area contributed by atoms with Crippen LogP contribution in [0.1, 0.15) is 11.6 Å². The molecule has 0 aliphatic heterocycles. The van der Waals surface area contributed by atoms with E-state index in [4.69, 9.17) is 39.5 Å². The molecule has 1 unspecified atom stereocenters. The summed E-state index contributed by atoms with van der Waals surface area (Å²) in [6, 6.07) is 16.9. The summed E-state index contributed by atoms with van der Waals surface area (Å²) in [7, 11) is 1.62. The lowest BCUT2D eigenvalue weighted by molar-refractivity contribution is 0.414. The average Bonchev–Trinajstić information content (AvgIpc) is 2.54. The molecule has 0 heterocycles. The highest BCUT2D eigenvalue weighted by Crippen LogP contribution is 2.45. The molecule has 2 aromatic carbocycles. The highest BCUT2D eigenvalue weighted by Gasteiger charge is 2.38. The van der Waals surface area contributed by atoms with Crippen LogP contribution >= 0.6 is 34.8 Å². The van der Waals surface area contributed by atoms with Gasteiger partial charge in [0, 0.05) is 12.2 Å². The van der Waals surface area contributed by atoms with Gasteiger partial charge in [0.2, 0.25) is 3.79 Å². The fourth-order valence-electron chi connectivity index (χ4n) is 2.45. The Kier molecular flexibility index (Phi) is 6.23. The van der Waals surface area contributed by atoms with Crippen LogP contribution in [0.15, 0.2) is 67.3 Å². The molecule has 0 amide bonds. The zero-order chi connectivity index (χ0) is 16.9. The number of benzene rings is 2. The van der Waals surface area contributed by atoms with Gasteiger partial charge >= 0.3 is 0 Å². The summed E-state index contributed by atoms with van der Waals surface area (Å²) >= 11 is 18.9. The van der Waals surface area contributed by atoms with E-state index in [1.165, 1.54) is 0 Å². The van der Waals surface area contributed by atoms with Crippen molar-refractivity contribution in [2.24, 2.45) is 0 Å². The Labute approximate surface area is 152 Å². The third kappa shape index (κ3) is 4.57. The van der Waals surface area contributed by atoms with Gasteiger partial charge in [-0.3, -0.25) is 0 Å². The molecule has 2 rings (SSSR count). The van der Waals surface area contributed by atoms with Crippen molar-refractivity contribution in [2.45, 2.75) is 9.83 Å². The molecule has 0 spiro atoms. The first-order valence-corrected chi connectivity index (χ1v) is 8.24. The number of hydrogen-bond acceptors (Lipinski definition) is 2. The van der Waals surface area contributed by atoms with Gasteiger partial charge < -0.3 is 9.64 Å². The minimum absolute atomic E-state index is 0.459. The molecule has 0 saturated carbocycles. The lowest BCUT2D eigenvalue weighted by Gasteiger charge is -2.37. The highest BCUT2D eigenvalue weighted by molar-refractivity contribution is 6.68. The monoisotopic (exact) mass is 369 g/mol. The summed E-state index contributed by atoms with van der Waals surface area (Å²) < 4.78 is 3.69. The molecule has 2 aromatic rings. The molecule has 0 aliphatic rings. The summed E-state index contributed by atoms with van der Waals surface area (Å²) in [6.07, 6.45) is 1.79. The Bertz CT molecular complexity index is 623. The Morgan fingerprint density at radius 1 is 1.09 bits per heavy atom. The van der Waals surface area contributed by atoms with Gasteiger partial charge in [0.15, 0.2) is 0 Å². The number of rotatable bonds is 6. The molecule has 0 N–H and O–H groups in total. The van der Waals surface area contributed by atoms with Crippen molar-refractivity contribution in [3.8, 4) is 5.75 Å². The van der Waals surface area contributed by atoms with Crippen molar-refractivity contribution in [3.63, 3.8) is 0 Å². The molecule has 0 aromatic heterocycles. The Balaban J connectivity index is 2.48. The van der Waals surface area contributed by atoms with Crippen LogP contribution in [0, 0.1) is 0 Å². The van der Waals surface area contributed by atoms with E-state index in [2.05, 4.69) is 6.58 Å². The van der Waals surface area contributed by atoms with Crippen LogP contribution in [-0.2, 0) is 0 Å². The predicted octanol–water partition coefficient (Wildman–Crippen LogP) is 5.80. The van der Waals surface area contributed by atoms with Crippen LogP contribution in [0.3, 0.4) is 0 Å². The third-order valence-corrected chi connectivity index (χ3v) is 4.09. The summed E-state index contributed by atoms with van der Waals surface area (Å²) in [5.74, 6) is 0.756. The lowest BCUT2D eigenvalue weighted by Crippen LogP contribution is -2.37. The fourth-order valence-corrected chi connectivity index (χ4v) is 3.18. The molecule has 2 nitrogen and oxygen atoms in total. The van der Waals surface area contributed by atoms with E-state index in [0.717, 1.165) is 17.0 Å². The number of nitrogens with zero attached hydrogens (tertiary/aromatic N) is 1. The highest BCUT2D eigenvalue weighted by atomic mass is 35.6. The number of alkyl halides is 3. The van der Waals surface area contributed by atoms with E-state index in [1.54, 1.807) is 13.2 Å². The molecule has 122 valence electrons. The molecule has 1 atom stereocenters. The van der Waals surface area contributed by atoms with Crippen LogP contribution in [0.2, 0.25) is 0 Å². The van der Waals surface area contributed by atoms with E-state index < -0.39 is 9.83 Å². The number of para-hydroxylation sites is 1. The van der Waals surface area contributed by atoms with E-state index in [0.29, 0.717) is 6.54 Å².